The topological polar surface area (TPSA) is 94.3 Å². The van der Waals surface area contributed by atoms with Crippen LogP contribution >= 0.6 is 0 Å². The van der Waals surface area contributed by atoms with Gasteiger partial charge in [0.2, 0.25) is 0 Å². The molecule has 0 spiro atoms. The van der Waals surface area contributed by atoms with Crippen molar-refractivity contribution >= 4 is 19.7 Å². The van der Waals surface area contributed by atoms with Crippen molar-refractivity contribution in [3.8, 4) is 0 Å². The summed E-state index contributed by atoms with van der Waals surface area (Å²) in [5, 5.41) is -0.672. The van der Waals surface area contributed by atoms with Crippen LogP contribution in [0.1, 0.15) is 13.8 Å². The van der Waals surface area contributed by atoms with E-state index in [0.717, 1.165) is 0 Å². The molecule has 0 aliphatic rings. The maximum atomic E-state index is 11.4. The standard InChI is InChI=1S/C7H17NO4S2/c1-3-13(9,10)4-5-14(11,12)7(2)6-8/h7H,3-6,8H2,1-2H3. The molecule has 1 atom stereocenters. The summed E-state index contributed by atoms with van der Waals surface area (Å²) in [6.45, 7) is 3.00. The van der Waals surface area contributed by atoms with Crippen LogP contribution < -0.4 is 5.73 Å². The summed E-state index contributed by atoms with van der Waals surface area (Å²) in [6.07, 6.45) is 0. The number of hydrogen-bond donors (Lipinski definition) is 1. The molecule has 0 bridgehead atoms. The first-order chi connectivity index (χ1) is 6.25. The molecule has 0 fully saturated rings. The highest BCUT2D eigenvalue weighted by Crippen LogP contribution is 2.02. The molecule has 86 valence electrons. The van der Waals surface area contributed by atoms with Gasteiger partial charge in [0.05, 0.1) is 16.8 Å². The molecule has 0 aromatic rings. The van der Waals surface area contributed by atoms with Gasteiger partial charge in [-0.05, 0) is 6.92 Å². The first kappa shape index (κ1) is 13.9. The Morgan fingerprint density at radius 3 is 2.00 bits per heavy atom. The Morgan fingerprint density at radius 1 is 1.14 bits per heavy atom. The predicted molar refractivity (Wildman–Crippen MR) is 56.6 cm³/mol. The van der Waals surface area contributed by atoms with Crippen LogP contribution in [0.4, 0.5) is 0 Å². The fourth-order valence-corrected chi connectivity index (χ4v) is 3.66. The van der Waals surface area contributed by atoms with Gasteiger partial charge in [-0.25, -0.2) is 16.8 Å². The quantitative estimate of drug-likeness (QED) is 0.658. The van der Waals surface area contributed by atoms with E-state index < -0.39 is 24.9 Å². The number of nitrogens with two attached hydrogens (primary N) is 1. The molecule has 0 aromatic heterocycles. The molecule has 0 amide bonds. The first-order valence-electron chi connectivity index (χ1n) is 4.37. The molecule has 2 N–H and O–H groups in total. The molecule has 0 heterocycles. The Balaban J connectivity index is 4.42. The van der Waals surface area contributed by atoms with Crippen molar-refractivity contribution in [3.05, 3.63) is 0 Å². The molecule has 0 saturated heterocycles. The van der Waals surface area contributed by atoms with Crippen LogP contribution in [-0.2, 0) is 19.7 Å². The van der Waals surface area contributed by atoms with Crippen LogP contribution in [0, 0.1) is 0 Å². The van der Waals surface area contributed by atoms with Gasteiger partial charge < -0.3 is 5.73 Å². The summed E-state index contributed by atoms with van der Waals surface area (Å²) in [5.74, 6) is -0.669. The highest BCUT2D eigenvalue weighted by molar-refractivity contribution is 7.95. The van der Waals surface area contributed by atoms with E-state index in [0.29, 0.717) is 0 Å². The van der Waals surface area contributed by atoms with Crippen LogP contribution in [0.15, 0.2) is 0 Å². The predicted octanol–water partition coefficient (Wildman–Crippen LogP) is -0.817. The molecule has 14 heavy (non-hydrogen) atoms. The minimum absolute atomic E-state index is 0.0223. The van der Waals surface area contributed by atoms with Crippen molar-refractivity contribution in [2.24, 2.45) is 5.73 Å². The summed E-state index contributed by atoms with van der Waals surface area (Å²) >= 11 is 0. The van der Waals surface area contributed by atoms with Gasteiger partial charge in [0.1, 0.15) is 0 Å². The Labute approximate surface area is 85.5 Å². The largest absolute Gasteiger partial charge is 0.329 e. The summed E-state index contributed by atoms with van der Waals surface area (Å²) in [4.78, 5) is 0. The van der Waals surface area contributed by atoms with Gasteiger partial charge in [-0.1, -0.05) is 6.92 Å². The van der Waals surface area contributed by atoms with Crippen molar-refractivity contribution in [3.63, 3.8) is 0 Å². The zero-order valence-electron chi connectivity index (χ0n) is 8.43. The van der Waals surface area contributed by atoms with E-state index in [2.05, 4.69) is 0 Å². The molecule has 7 heteroatoms. The lowest BCUT2D eigenvalue weighted by Crippen LogP contribution is -2.31. The summed E-state index contributed by atoms with van der Waals surface area (Å²) in [7, 11) is -6.57. The van der Waals surface area contributed by atoms with Gasteiger partial charge >= 0.3 is 0 Å². The second-order valence-corrected chi connectivity index (χ2v) is 8.16. The van der Waals surface area contributed by atoms with Crippen molar-refractivity contribution in [1.29, 1.82) is 0 Å². The van der Waals surface area contributed by atoms with Gasteiger partial charge in [0, 0.05) is 12.3 Å². The van der Waals surface area contributed by atoms with E-state index in [1.54, 1.807) is 0 Å². The third kappa shape index (κ3) is 4.39. The Morgan fingerprint density at radius 2 is 1.64 bits per heavy atom. The van der Waals surface area contributed by atoms with Crippen LogP contribution in [-0.4, -0.2) is 45.9 Å². The zero-order valence-corrected chi connectivity index (χ0v) is 10.1. The Bertz CT molecular complexity index is 357. The monoisotopic (exact) mass is 243 g/mol. The van der Waals surface area contributed by atoms with E-state index in [-0.39, 0.29) is 23.8 Å². The molecule has 0 radical (unpaired) electrons. The van der Waals surface area contributed by atoms with Crippen LogP contribution in [0.5, 0.6) is 0 Å². The fourth-order valence-electron chi connectivity index (χ4n) is 0.735. The molecule has 0 aromatic carbocycles. The minimum Gasteiger partial charge on any atom is -0.329 e. The Hall–Kier alpha value is -0.140. The molecule has 1 unspecified atom stereocenters. The van der Waals surface area contributed by atoms with Crippen molar-refractivity contribution < 1.29 is 16.8 Å². The number of rotatable bonds is 6. The average molecular weight is 243 g/mol. The molecule has 0 aliphatic heterocycles. The third-order valence-electron chi connectivity index (χ3n) is 2.06. The summed E-state index contributed by atoms with van der Waals surface area (Å²) in [5.41, 5.74) is 5.20. The highest BCUT2D eigenvalue weighted by atomic mass is 32.2. The lowest BCUT2D eigenvalue weighted by atomic mass is 10.5. The third-order valence-corrected chi connectivity index (χ3v) is 6.22. The molecular weight excluding hydrogens is 226 g/mol. The Kier molecular flexibility index (Phi) is 5.03. The summed E-state index contributed by atoms with van der Waals surface area (Å²) in [6, 6.07) is 0. The molecule has 0 aliphatic carbocycles. The van der Waals surface area contributed by atoms with Crippen molar-refractivity contribution in [2.75, 3.05) is 23.8 Å². The van der Waals surface area contributed by atoms with Crippen LogP contribution in [0.2, 0.25) is 0 Å². The van der Waals surface area contributed by atoms with E-state index in [4.69, 9.17) is 5.73 Å². The maximum Gasteiger partial charge on any atom is 0.155 e. The van der Waals surface area contributed by atoms with Crippen LogP contribution in [0.3, 0.4) is 0 Å². The van der Waals surface area contributed by atoms with Gasteiger partial charge in [-0.15, -0.1) is 0 Å². The lowest BCUT2D eigenvalue weighted by Gasteiger charge is -2.09. The smallest absolute Gasteiger partial charge is 0.155 e. The minimum atomic E-state index is -3.36. The second-order valence-electron chi connectivity index (χ2n) is 3.15. The van der Waals surface area contributed by atoms with Crippen molar-refractivity contribution in [1.82, 2.24) is 0 Å². The van der Waals surface area contributed by atoms with E-state index in [9.17, 15) is 16.8 Å². The van der Waals surface area contributed by atoms with E-state index >= 15 is 0 Å². The van der Waals surface area contributed by atoms with Gasteiger partial charge in [-0.3, -0.25) is 0 Å². The van der Waals surface area contributed by atoms with Crippen molar-refractivity contribution in [2.45, 2.75) is 19.1 Å². The second kappa shape index (κ2) is 5.09. The molecule has 0 saturated carbocycles. The first-order valence-corrected chi connectivity index (χ1v) is 7.91. The van der Waals surface area contributed by atoms with Gasteiger partial charge in [0.15, 0.2) is 19.7 Å². The average Bonchev–Trinajstić information content (AvgIpc) is 2.14. The number of sulfone groups is 2. The summed E-state index contributed by atoms with van der Waals surface area (Å²) < 4.78 is 44.9. The highest BCUT2D eigenvalue weighted by Gasteiger charge is 2.21. The normalized spacial score (nSPS) is 15.4. The number of hydrogen-bond acceptors (Lipinski definition) is 5. The van der Waals surface area contributed by atoms with Gasteiger partial charge in [0.25, 0.3) is 0 Å². The molecular formula is C7H17NO4S2. The van der Waals surface area contributed by atoms with E-state index in [1.807, 2.05) is 0 Å². The SMILES string of the molecule is CCS(=O)(=O)CCS(=O)(=O)C(C)CN. The van der Waals surface area contributed by atoms with Crippen LogP contribution in [0.25, 0.3) is 0 Å². The fraction of sp³-hybridized carbons (Fsp3) is 1.00. The molecule has 0 rings (SSSR count). The van der Waals surface area contributed by atoms with E-state index in [1.165, 1.54) is 13.8 Å². The lowest BCUT2D eigenvalue weighted by molar-refractivity contribution is 0.580. The zero-order chi connectivity index (χ0) is 11.4. The van der Waals surface area contributed by atoms with Gasteiger partial charge in [-0.2, -0.15) is 0 Å². The maximum absolute atomic E-state index is 11.4. The molecule has 5 nitrogen and oxygen atoms in total.